The highest BCUT2D eigenvalue weighted by molar-refractivity contribution is 6.32. The molecule has 0 bridgehead atoms. The average molecular weight is 685 g/mol. The summed E-state index contributed by atoms with van der Waals surface area (Å²) in [7, 11) is 0. The predicted octanol–water partition coefficient (Wildman–Crippen LogP) is 5.99. The summed E-state index contributed by atoms with van der Waals surface area (Å²) in [5.41, 5.74) is -0.123. The van der Waals surface area contributed by atoms with E-state index in [4.69, 9.17) is 16.7 Å². The Bertz CT molecular complexity index is 1910. The van der Waals surface area contributed by atoms with Crippen molar-refractivity contribution in [3.05, 3.63) is 106 Å². The van der Waals surface area contributed by atoms with Crippen LogP contribution in [0.1, 0.15) is 55.6 Å². The number of phenolic OH excluding ortho intramolecular Hbond substituents is 1. The lowest BCUT2D eigenvalue weighted by Gasteiger charge is -2.50. The number of anilines is 1. The van der Waals surface area contributed by atoms with Crippen LogP contribution < -0.4 is 4.90 Å². The van der Waals surface area contributed by atoms with Crippen LogP contribution in [-0.2, 0) is 29.4 Å². The maximum Gasteiger partial charge on any atom is 0.303 e. The largest absolute Gasteiger partial charge is 0.505 e. The molecule has 0 unspecified atom stereocenters. The molecule has 3 aromatic rings. The molecule has 2 aliphatic carbocycles. The maximum atomic E-state index is 15.2. The average Bonchev–Trinajstić information content (AvgIpc) is 3.46. The number of carboxylic acids is 1. The third-order valence-electron chi connectivity index (χ3n) is 10.9. The van der Waals surface area contributed by atoms with Gasteiger partial charge in [-0.1, -0.05) is 78.2 Å². The molecule has 3 aromatic carbocycles. The van der Waals surface area contributed by atoms with E-state index >= 15 is 9.18 Å². The number of para-hydroxylation sites is 1. The summed E-state index contributed by atoms with van der Waals surface area (Å²) in [6.07, 6.45) is 3.53. The smallest absolute Gasteiger partial charge is 0.303 e. The van der Waals surface area contributed by atoms with Gasteiger partial charge in [-0.2, -0.15) is 0 Å². The van der Waals surface area contributed by atoms with Crippen LogP contribution in [0.2, 0.25) is 5.02 Å². The first-order valence-corrected chi connectivity index (χ1v) is 16.9. The number of nitrogens with zero attached hydrogens (tertiary/aromatic N) is 2. The lowest BCUT2D eigenvalue weighted by atomic mass is 9.49. The molecule has 6 atom stereocenters. The van der Waals surface area contributed by atoms with E-state index in [2.05, 4.69) is 0 Å². The molecule has 0 aromatic heterocycles. The molecule has 7 rings (SSSR count). The van der Waals surface area contributed by atoms with E-state index in [-0.39, 0.29) is 48.9 Å². The number of aromatic hydroxyl groups is 1. The van der Waals surface area contributed by atoms with E-state index in [1.807, 2.05) is 6.08 Å². The molecule has 2 heterocycles. The van der Waals surface area contributed by atoms with Gasteiger partial charge in [-0.15, -0.1) is 0 Å². The Balaban J connectivity index is 1.37. The molecule has 4 aliphatic rings. The highest BCUT2D eigenvalue weighted by atomic mass is 35.5. The fraction of sp³-hybridized carbons (Fsp3) is 0.342. The van der Waals surface area contributed by atoms with Gasteiger partial charge in [0.05, 0.1) is 28.9 Å². The van der Waals surface area contributed by atoms with E-state index in [0.29, 0.717) is 35.4 Å². The van der Waals surface area contributed by atoms with Crippen molar-refractivity contribution in [2.45, 2.75) is 49.9 Å². The summed E-state index contributed by atoms with van der Waals surface area (Å²) in [4.78, 5) is 71.0. The molecule has 1 saturated carbocycles. The van der Waals surface area contributed by atoms with Crippen molar-refractivity contribution in [1.82, 2.24) is 4.90 Å². The molecule has 3 fully saturated rings. The second-order valence-corrected chi connectivity index (χ2v) is 13.7. The van der Waals surface area contributed by atoms with Gasteiger partial charge in [0.25, 0.3) is 0 Å². The van der Waals surface area contributed by atoms with Crippen LogP contribution in [0.3, 0.4) is 0 Å². The second kappa shape index (κ2) is 12.6. The highest BCUT2D eigenvalue weighted by Crippen LogP contribution is 2.65. The van der Waals surface area contributed by atoms with Gasteiger partial charge in [-0.3, -0.25) is 28.9 Å². The van der Waals surface area contributed by atoms with Crippen LogP contribution in [0, 0.1) is 29.5 Å². The molecule has 2 N–H and O–H groups in total. The minimum absolute atomic E-state index is 0.000314. The first-order valence-electron chi connectivity index (χ1n) is 16.5. The molecule has 2 saturated heterocycles. The van der Waals surface area contributed by atoms with Crippen molar-refractivity contribution in [1.29, 1.82) is 0 Å². The minimum atomic E-state index is -1.63. The van der Waals surface area contributed by atoms with Gasteiger partial charge in [0.2, 0.25) is 23.6 Å². The van der Waals surface area contributed by atoms with Crippen molar-refractivity contribution in [3.8, 4) is 5.75 Å². The summed E-state index contributed by atoms with van der Waals surface area (Å²) in [5, 5.41) is 20.6. The van der Waals surface area contributed by atoms with Crippen LogP contribution >= 0.6 is 11.6 Å². The number of hydrogen-bond acceptors (Lipinski definition) is 6. The number of imide groups is 2. The number of carbonyl (C=O) groups excluding carboxylic acids is 4. The normalized spacial score (nSPS) is 27.6. The summed E-state index contributed by atoms with van der Waals surface area (Å²) < 4.78 is 15.2. The predicted molar refractivity (Wildman–Crippen MR) is 177 cm³/mol. The number of amides is 4. The highest BCUT2D eigenvalue weighted by Gasteiger charge is 2.70. The zero-order chi connectivity index (χ0) is 34.6. The van der Waals surface area contributed by atoms with Gasteiger partial charge in [-0.05, 0) is 61.4 Å². The van der Waals surface area contributed by atoms with E-state index in [1.165, 1.54) is 17.0 Å². The number of likely N-dealkylation sites (tertiary alicyclic amines) is 1. The zero-order valence-electron chi connectivity index (χ0n) is 26.4. The Kier molecular flexibility index (Phi) is 8.39. The number of carbonyl (C=O) groups is 5. The van der Waals surface area contributed by atoms with Gasteiger partial charge in [0, 0.05) is 29.5 Å². The Morgan fingerprint density at radius 2 is 1.65 bits per heavy atom. The molecule has 49 heavy (non-hydrogen) atoms. The zero-order valence-corrected chi connectivity index (χ0v) is 27.2. The molecule has 4 amide bonds. The number of benzene rings is 3. The van der Waals surface area contributed by atoms with Crippen LogP contribution in [0.25, 0.3) is 0 Å². The van der Waals surface area contributed by atoms with Gasteiger partial charge >= 0.3 is 5.97 Å². The lowest BCUT2D eigenvalue weighted by molar-refractivity contribution is -0.141. The van der Waals surface area contributed by atoms with Crippen molar-refractivity contribution in [3.63, 3.8) is 0 Å². The summed E-state index contributed by atoms with van der Waals surface area (Å²) in [6.45, 7) is 0.151. The van der Waals surface area contributed by atoms with Crippen molar-refractivity contribution in [2.24, 2.45) is 23.7 Å². The SMILES string of the molecule is O=C(O)CCCCCN1C(=O)[C@H]2[C@H](CC=C3[C@H]2C[C@H]2C(=O)N(c4cccc(Cl)c4)C(=O)[C@@]2(c2ccccc2)[C@H]3c2cccc(F)c2O)C1=O. The number of carboxylic acid groups (broad SMARTS) is 1. The van der Waals surface area contributed by atoms with Crippen molar-refractivity contribution >= 4 is 46.9 Å². The molecule has 252 valence electrons. The molecule has 11 heteroatoms. The first kappa shape index (κ1) is 32.7. The lowest BCUT2D eigenvalue weighted by Crippen LogP contribution is -2.53. The van der Waals surface area contributed by atoms with Crippen molar-refractivity contribution in [2.75, 3.05) is 11.4 Å². The molecule has 0 radical (unpaired) electrons. The van der Waals surface area contributed by atoms with Crippen molar-refractivity contribution < 1.29 is 38.6 Å². The first-order chi connectivity index (χ1) is 23.6. The van der Waals surface area contributed by atoms with Gasteiger partial charge in [0.1, 0.15) is 0 Å². The standard InChI is InChI=1S/C38H34ClFN2O7/c39-22-11-7-12-23(19-22)42-35(47)28-20-27-24(16-17-25-31(27)36(48)41(34(25)46)18-6-2-5-15-30(43)44)32(26-13-8-14-29(40)33(26)45)38(28,37(42)49)21-9-3-1-4-10-21/h1,3-4,7-14,16,19,25,27-28,31-32,45H,2,5-6,15,17-18,20H2,(H,43,44)/t25-,27+,28-,31-,32+,38+/m0/s1. The Hall–Kier alpha value is -4.83. The molecular weight excluding hydrogens is 651 g/mol. The molecular formula is C38H34ClFN2O7. The monoisotopic (exact) mass is 684 g/mol. The van der Waals surface area contributed by atoms with Crippen LogP contribution in [-0.4, -0.2) is 51.3 Å². The Morgan fingerprint density at radius 1 is 0.898 bits per heavy atom. The van der Waals surface area contributed by atoms with Crippen LogP contribution in [0.4, 0.5) is 10.1 Å². The number of hydrogen-bond donors (Lipinski definition) is 2. The molecule has 2 aliphatic heterocycles. The second-order valence-electron chi connectivity index (χ2n) is 13.3. The minimum Gasteiger partial charge on any atom is -0.505 e. The number of aliphatic carboxylic acids is 1. The van der Waals surface area contributed by atoms with Crippen LogP contribution in [0.5, 0.6) is 5.75 Å². The topological polar surface area (TPSA) is 132 Å². The number of rotatable bonds is 9. The summed E-state index contributed by atoms with van der Waals surface area (Å²) in [6, 6.07) is 19.3. The van der Waals surface area contributed by atoms with E-state index in [1.54, 1.807) is 54.6 Å². The fourth-order valence-corrected chi connectivity index (χ4v) is 9.05. The summed E-state index contributed by atoms with van der Waals surface area (Å²) >= 11 is 6.32. The maximum absolute atomic E-state index is 15.2. The number of halogens is 2. The Labute approximate surface area is 287 Å². The Morgan fingerprint density at radius 3 is 2.39 bits per heavy atom. The molecule has 9 nitrogen and oxygen atoms in total. The van der Waals surface area contributed by atoms with E-state index < -0.39 is 64.4 Å². The number of unbranched alkanes of at least 4 members (excludes halogenated alkanes) is 2. The van der Waals surface area contributed by atoms with Gasteiger partial charge < -0.3 is 10.2 Å². The summed E-state index contributed by atoms with van der Waals surface area (Å²) in [5.74, 6) is -8.44. The quantitative estimate of drug-likeness (QED) is 0.161. The molecule has 0 spiro atoms. The van der Waals surface area contributed by atoms with Gasteiger partial charge in [0.15, 0.2) is 11.6 Å². The van der Waals surface area contributed by atoms with E-state index in [9.17, 15) is 24.3 Å². The number of fused-ring (bicyclic) bond motifs is 4. The van der Waals surface area contributed by atoms with Crippen LogP contribution in [0.15, 0.2) is 84.4 Å². The fourth-order valence-electron chi connectivity index (χ4n) is 8.86. The number of allylic oxidation sites excluding steroid dienone is 2. The third-order valence-corrected chi connectivity index (χ3v) is 11.1. The number of phenols is 1. The van der Waals surface area contributed by atoms with E-state index in [0.717, 1.165) is 11.0 Å². The van der Waals surface area contributed by atoms with Gasteiger partial charge in [-0.25, -0.2) is 9.29 Å². The third kappa shape index (κ3) is 5.07.